The van der Waals surface area contributed by atoms with Gasteiger partial charge < -0.3 is 0 Å². The third-order valence-electron chi connectivity index (χ3n) is 2.88. The van der Waals surface area contributed by atoms with Crippen LogP contribution in [0, 0.1) is 0 Å². The van der Waals surface area contributed by atoms with Gasteiger partial charge in [0, 0.05) is 0 Å². The number of hydrogen-bond acceptors (Lipinski definition) is 0. The van der Waals surface area contributed by atoms with Crippen molar-refractivity contribution in [3.05, 3.63) is 53.6 Å². The zero-order valence-electron chi connectivity index (χ0n) is 9.53. The summed E-state index contributed by atoms with van der Waals surface area (Å²) in [4.78, 5) is 0. The molecule has 0 atom stereocenters. The molecule has 0 heteroatoms. The molecule has 15 heavy (non-hydrogen) atoms. The quantitative estimate of drug-likeness (QED) is 0.654. The summed E-state index contributed by atoms with van der Waals surface area (Å²) in [5.41, 5.74) is 4.16. The van der Waals surface area contributed by atoms with Crippen LogP contribution in [0.3, 0.4) is 0 Å². The Bertz CT molecular complexity index is 394. The van der Waals surface area contributed by atoms with Crippen LogP contribution in [-0.4, -0.2) is 0 Å². The van der Waals surface area contributed by atoms with Gasteiger partial charge in [0.25, 0.3) is 0 Å². The molecule has 1 aromatic carbocycles. The Kier molecular flexibility index (Phi) is 3.05. The Balaban J connectivity index is 2.32. The van der Waals surface area contributed by atoms with E-state index in [2.05, 4.69) is 56.3 Å². The molecule has 0 nitrogen and oxygen atoms in total. The minimum absolute atomic E-state index is 0.609. The van der Waals surface area contributed by atoms with E-state index in [1.54, 1.807) is 0 Å². The molecular weight excluding hydrogens is 180 g/mol. The molecule has 0 fully saturated rings. The second-order valence-corrected chi connectivity index (χ2v) is 4.42. The van der Waals surface area contributed by atoms with Crippen LogP contribution in [0.15, 0.2) is 42.5 Å². The van der Waals surface area contributed by atoms with Gasteiger partial charge in [-0.25, -0.2) is 0 Å². The van der Waals surface area contributed by atoms with Gasteiger partial charge in [-0.05, 0) is 35.5 Å². The van der Waals surface area contributed by atoms with Crippen LogP contribution in [0.2, 0.25) is 0 Å². The average Bonchev–Trinajstić information content (AvgIpc) is 2.30. The van der Waals surface area contributed by atoms with Crippen LogP contribution in [0.1, 0.15) is 43.7 Å². The zero-order chi connectivity index (χ0) is 10.7. The Morgan fingerprint density at radius 1 is 1.13 bits per heavy atom. The fraction of sp³-hybridized carbons (Fsp3) is 0.333. The van der Waals surface area contributed by atoms with Gasteiger partial charge in [-0.1, -0.05) is 56.3 Å². The van der Waals surface area contributed by atoms with E-state index in [1.807, 2.05) is 0 Å². The minimum Gasteiger partial charge on any atom is -0.0836 e. The summed E-state index contributed by atoms with van der Waals surface area (Å²) in [6, 6.07) is 8.88. The molecule has 0 saturated heterocycles. The van der Waals surface area contributed by atoms with Crippen molar-refractivity contribution in [3.8, 4) is 0 Å². The molecule has 0 N–H and O–H groups in total. The fourth-order valence-electron chi connectivity index (χ4n) is 1.90. The largest absolute Gasteiger partial charge is 0.0836 e. The first kappa shape index (κ1) is 10.2. The van der Waals surface area contributed by atoms with Crippen molar-refractivity contribution in [2.75, 3.05) is 0 Å². The lowest BCUT2D eigenvalue weighted by atomic mass is 9.95. The van der Waals surface area contributed by atoms with Crippen LogP contribution >= 0.6 is 0 Å². The molecule has 2 rings (SSSR count). The first-order valence-corrected chi connectivity index (χ1v) is 5.74. The Hall–Kier alpha value is -1.30. The summed E-state index contributed by atoms with van der Waals surface area (Å²) in [5, 5.41) is 0. The van der Waals surface area contributed by atoms with Crippen molar-refractivity contribution >= 4 is 5.57 Å². The lowest BCUT2D eigenvalue weighted by Crippen LogP contribution is -1.91. The lowest BCUT2D eigenvalue weighted by Gasteiger charge is -2.10. The van der Waals surface area contributed by atoms with Crippen molar-refractivity contribution in [3.63, 3.8) is 0 Å². The monoisotopic (exact) mass is 198 g/mol. The van der Waals surface area contributed by atoms with E-state index in [4.69, 9.17) is 0 Å². The van der Waals surface area contributed by atoms with E-state index in [0.29, 0.717) is 5.92 Å². The number of benzene rings is 1. The summed E-state index contributed by atoms with van der Waals surface area (Å²) >= 11 is 0. The average molecular weight is 198 g/mol. The van der Waals surface area contributed by atoms with Gasteiger partial charge in [-0.3, -0.25) is 0 Å². The summed E-state index contributed by atoms with van der Waals surface area (Å²) < 4.78 is 0. The molecule has 78 valence electrons. The van der Waals surface area contributed by atoms with Crippen molar-refractivity contribution in [2.24, 2.45) is 0 Å². The highest BCUT2D eigenvalue weighted by atomic mass is 14.1. The second-order valence-electron chi connectivity index (χ2n) is 4.42. The summed E-state index contributed by atoms with van der Waals surface area (Å²) in [5.74, 6) is 0.609. The van der Waals surface area contributed by atoms with E-state index in [1.165, 1.54) is 29.5 Å². The highest BCUT2D eigenvalue weighted by Crippen LogP contribution is 2.24. The molecule has 0 bridgehead atoms. The normalized spacial score (nSPS) is 15.5. The third kappa shape index (κ3) is 2.38. The van der Waals surface area contributed by atoms with Gasteiger partial charge >= 0.3 is 0 Å². The number of allylic oxidation sites excluding steroid dienone is 4. The smallest absolute Gasteiger partial charge is 0.0185 e. The van der Waals surface area contributed by atoms with Crippen molar-refractivity contribution in [2.45, 2.75) is 32.6 Å². The summed E-state index contributed by atoms with van der Waals surface area (Å²) in [6.45, 7) is 4.48. The molecule has 0 saturated carbocycles. The SMILES string of the molecule is CC(C)c1cccc(C2=CCCC=C2)c1. The standard InChI is InChI=1S/C15H18/c1-12(2)14-9-6-10-15(11-14)13-7-4-3-5-8-13/h4,6-12H,3,5H2,1-2H3. The molecule has 0 unspecified atom stereocenters. The molecule has 0 heterocycles. The van der Waals surface area contributed by atoms with Gasteiger partial charge in [0.15, 0.2) is 0 Å². The minimum atomic E-state index is 0.609. The zero-order valence-corrected chi connectivity index (χ0v) is 9.53. The predicted octanol–water partition coefficient (Wildman–Crippen LogP) is 4.54. The van der Waals surface area contributed by atoms with E-state index in [-0.39, 0.29) is 0 Å². The molecular formula is C15H18. The van der Waals surface area contributed by atoms with Crippen molar-refractivity contribution < 1.29 is 0 Å². The van der Waals surface area contributed by atoms with Crippen LogP contribution in [0.4, 0.5) is 0 Å². The molecule has 0 aliphatic heterocycles. The topological polar surface area (TPSA) is 0 Å². The number of rotatable bonds is 2. The highest BCUT2D eigenvalue weighted by molar-refractivity contribution is 5.75. The van der Waals surface area contributed by atoms with Crippen LogP contribution in [0.25, 0.3) is 5.57 Å². The third-order valence-corrected chi connectivity index (χ3v) is 2.88. The molecule has 0 radical (unpaired) electrons. The van der Waals surface area contributed by atoms with Gasteiger partial charge in [-0.15, -0.1) is 0 Å². The second kappa shape index (κ2) is 4.48. The molecule has 1 aliphatic rings. The summed E-state index contributed by atoms with van der Waals surface area (Å²) in [6.07, 6.45) is 9.20. The predicted molar refractivity (Wildman–Crippen MR) is 66.9 cm³/mol. The van der Waals surface area contributed by atoms with Gasteiger partial charge in [-0.2, -0.15) is 0 Å². The Morgan fingerprint density at radius 3 is 2.67 bits per heavy atom. The molecule has 1 aromatic rings. The van der Waals surface area contributed by atoms with Crippen molar-refractivity contribution in [1.82, 2.24) is 0 Å². The molecule has 0 amide bonds. The maximum atomic E-state index is 2.33. The van der Waals surface area contributed by atoms with E-state index in [0.717, 1.165) is 0 Å². The van der Waals surface area contributed by atoms with Gasteiger partial charge in [0.1, 0.15) is 0 Å². The molecule has 0 spiro atoms. The van der Waals surface area contributed by atoms with Crippen LogP contribution in [-0.2, 0) is 0 Å². The van der Waals surface area contributed by atoms with Crippen molar-refractivity contribution in [1.29, 1.82) is 0 Å². The van der Waals surface area contributed by atoms with E-state index < -0.39 is 0 Å². The first-order valence-electron chi connectivity index (χ1n) is 5.74. The van der Waals surface area contributed by atoms with E-state index in [9.17, 15) is 0 Å². The Morgan fingerprint density at radius 2 is 2.00 bits per heavy atom. The maximum absolute atomic E-state index is 2.33. The molecule has 0 aromatic heterocycles. The first-order chi connectivity index (χ1) is 7.27. The van der Waals surface area contributed by atoms with Crippen LogP contribution in [0.5, 0.6) is 0 Å². The lowest BCUT2D eigenvalue weighted by molar-refractivity contribution is 0.866. The maximum Gasteiger partial charge on any atom is -0.0185 e. The van der Waals surface area contributed by atoms with Gasteiger partial charge in [0.2, 0.25) is 0 Å². The van der Waals surface area contributed by atoms with E-state index >= 15 is 0 Å². The van der Waals surface area contributed by atoms with Crippen LogP contribution < -0.4 is 0 Å². The van der Waals surface area contributed by atoms with Gasteiger partial charge in [0.05, 0.1) is 0 Å². The molecule has 1 aliphatic carbocycles. The fourth-order valence-corrected chi connectivity index (χ4v) is 1.90. The Labute approximate surface area is 92.3 Å². The number of hydrogen-bond donors (Lipinski definition) is 0. The highest BCUT2D eigenvalue weighted by Gasteiger charge is 2.04. The summed E-state index contributed by atoms with van der Waals surface area (Å²) in [7, 11) is 0.